The van der Waals surface area contributed by atoms with Crippen molar-refractivity contribution >= 4 is 13.5 Å². The second kappa shape index (κ2) is 12.8. The van der Waals surface area contributed by atoms with E-state index in [1.165, 1.54) is 35.9 Å². The number of aromatic nitrogens is 2. The SMILES string of the molecule is CCOP(=O)(CCN(C)CCc1nc(C(=O)NCc2ccc(F)cc2)c(O)c(=O)n1C)OCC. The van der Waals surface area contributed by atoms with Crippen LogP contribution in [0, 0.1) is 5.82 Å². The Morgan fingerprint density at radius 2 is 1.82 bits per heavy atom. The Bertz CT molecular complexity index is 1070. The van der Waals surface area contributed by atoms with Gasteiger partial charge in [0.2, 0.25) is 5.75 Å². The van der Waals surface area contributed by atoms with Crippen LogP contribution in [-0.2, 0) is 33.6 Å². The van der Waals surface area contributed by atoms with Crippen LogP contribution < -0.4 is 10.9 Å². The molecule has 0 aliphatic heterocycles. The standard InChI is InChI=1S/C22H32FN4O6P/c1-5-32-34(31,33-6-2)14-13-26(3)12-11-18-25-19(20(28)22(30)27(18)4)21(29)24-15-16-7-9-17(23)10-8-16/h7-10,28H,5-6,11-15H2,1-4H3,(H,24,29). The fourth-order valence-electron chi connectivity index (χ4n) is 3.14. The molecule has 2 aromatic rings. The smallest absolute Gasteiger partial charge is 0.331 e. The third-order valence-electron chi connectivity index (χ3n) is 5.07. The van der Waals surface area contributed by atoms with E-state index in [1.807, 2.05) is 11.9 Å². The van der Waals surface area contributed by atoms with E-state index < -0.39 is 30.6 Å². The molecule has 0 saturated heterocycles. The number of amides is 1. The molecular weight excluding hydrogens is 466 g/mol. The molecule has 2 N–H and O–H groups in total. The minimum absolute atomic E-state index is 0.0766. The molecule has 34 heavy (non-hydrogen) atoms. The number of halogens is 1. The van der Waals surface area contributed by atoms with E-state index in [2.05, 4.69) is 10.3 Å². The zero-order chi connectivity index (χ0) is 25.3. The van der Waals surface area contributed by atoms with Gasteiger partial charge in [0.05, 0.1) is 19.4 Å². The zero-order valence-corrected chi connectivity index (χ0v) is 20.8. The molecule has 0 radical (unpaired) electrons. The highest BCUT2D eigenvalue weighted by atomic mass is 31.2. The number of hydrogen-bond acceptors (Lipinski definition) is 8. The van der Waals surface area contributed by atoms with Gasteiger partial charge in [0.25, 0.3) is 11.5 Å². The van der Waals surface area contributed by atoms with Crippen molar-refractivity contribution in [3.63, 3.8) is 0 Å². The molecule has 1 heterocycles. The van der Waals surface area contributed by atoms with Crippen LogP contribution in [0.15, 0.2) is 29.1 Å². The summed E-state index contributed by atoms with van der Waals surface area (Å²) in [5, 5.41) is 12.8. The van der Waals surface area contributed by atoms with E-state index in [-0.39, 0.29) is 31.6 Å². The Morgan fingerprint density at radius 3 is 2.41 bits per heavy atom. The highest BCUT2D eigenvalue weighted by Crippen LogP contribution is 2.47. The van der Waals surface area contributed by atoms with Gasteiger partial charge in [-0.05, 0) is 38.6 Å². The molecule has 10 nitrogen and oxygen atoms in total. The van der Waals surface area contributed by atoms with E-state index in [9.17, 15) is 23.7 Å². The summed E-state index contributed by atoms with van der Waals surface area (Å²) in [4.78, 5) is 31.1. The number of carbonyl (C=O) groups is 1. The number of carbonyl (C=O) groups excluding carboxylic acids is 1. The quantitative estimate of drug-likeness (QED) is 0.404. The van der Waals surface area contributed by atoms with Crippen LogP contribution in [0.2, 0.25) is 0 Å². The van der Waals surface area contributed by atoms with Crippen molar-refractivity contribution in [2.75, 3.05) is 39.5 Å². The second-order valence-corrected chi connectivity index (χ2v) is 9.81. The maximum absolute atomic E-state index is 13.0. The molecule has 0 fully saturated rings. The first-order valence-corrected chi connectivity index (χ1v) is 12.7. The third kappa shape index (κ3) is 7.73. The fourth-order valence-corrected chi connectivity index (χ4v) is 4.85. The summed E-state index contributed by atoms with van der Waals surface area (Å²) in [6.07, 6.45) is 0.512. The summed E-state index contributed by atoms with van der Waals surface area (Å²) in [5.41, 5.74) is -0.465. The largest absolute Gasteiger partial charge is 0.501 e. The normalized spacial score (nSPS) is 11.7. The lowest BCUT2D eigenvalue weighted by atomic mass is 10.2. The van der Waals surface area contributed by atoms with E-state index in [4.69, 9.17) is 9.05 Å². The van der Waals surface area contributed by atoms with Crippen molar-refractivity contribution in [1.29, 1.82) is 0 Å². The summed E-state index contributed by atoms with van der Waals surface area (Å²) >= 11 is 0. The Hall–Kier alpha value is -2.59. The van der Waals surface area contributed by atoms with Crippen LogP contribution in [0.5, 0.6) is 5.75 Å². The fraction of sp³-hybridized carbons (Fsp3) is 0.500. The number of likely N-dealkylation sites (N-methyl/N-ethyl adjacent to an activating group) is 1. The Morgan fingerprint density at radius 1 is 1.21 bits per heavy atom. The van der Waals surface area contributed by atoms with Crippen LogP contribution in [0.1, 0.15) is 35.7 Å². The third-order valence-corrected chi connectivity index (χ3v) is 7.12. The lowest BCUT2D eigenvalue weighted by Crippen LogP contribution is -2.32. The number of benzene rings is 1. The van der Waals surface area contributed by atoms with Gasteiger partial charge in [0.15, 0.2) is 5.69 Å². The van der Waals surface area contributed by atoms with Gasteiger partial charge in [-0.3, -0.25) is 18.7 Å². The van der Waals surface area contributed by atoms with Crippen molar-refractivity contribution < 1.29 is 27.9 Å². The van der Waals surface area contributed by atoms with E-state index >= 15 is 0 Å². The van der Waals surface area contributed by atoms with Crippen LogP contribution in [0.25, 0.3) is 0 Å². The molecule has 1 aromatic heterocycles. The summed E-state index contributed by atoms with van der Waals surface area (Å²) < 4.78 is 37.4. The molecule has 0 aliphatic rings. The first-order valence-electron chi connectivity index (χ1n) is 11.0. The zero-order valence-electron chi connectivity index (χ0n) is 19.9. The van der Waals surface area contributed by atoms with E-state index in [1.54, 1.807) is 13.8 Å². The Labute approximate surface area is 198 Å². The van der Waals surface area contributed by atoms with Crippen LogP contribution in [0.3, 0.4) is 0 Å². The van der Waals surface area contributed by atoms with Gasteiger partial charge in [-0.2, -0.15) is 0 Å². The molecule has 188 valence electrons. The first-order chi connectivity index (χ1) is 16.1. The summed E-state index contributed by atoms with van der Waals surface area (Å²) in [6.45, 7) is 5.01. The lowest BCUT2D eigenvalue weighted by Gasteiger charge is -2.21. The van der Waals surface area contributed by atoms with Crippen molar-refractivity contribution in [3.8, 4) is 5.75 Å². The van der Waals surface area contributed by atoms with Crippen molar-refractivity contribution in [2.24, 2.45) is 7.05 Å². The highest BCUT2D eigenvalue weighted by molar-refractivity contribution is 7.53. The van der Waals surface area contributed by atoms with Crippen LogP contribution >= 0.6 is 7.60 Å². The Kier molecular flexibility index (Phi) is 10.4. The molecule has 0 unspecified atom stereocenters. The van der Waals surface area contributed by atoms with Gasteiger partial charge in [0, 0.05) is 33.1 Å². The average Bonchev–Trinajstić information content (AvgIpc) is 2.80. The molecule has 1 aromatic carbocycles. The van der Waals surface area contributed by atoms with Crippen LogP contribution in [-0.4, -0.2) is 65.0 Å². The van der Waals surface area contributed by atoms with Crippen LogP contribution in [0.4, 0.5) is 4.39 Å². The minimum Gasteiger partial charge on any atom is -0.501 e. The summed E-state index contributed by atoms with van der Waals surface area (Å²) in [6, 6.07) is 5.58. The summed E-state index contributed by atoms with van der Waals surface area (Å²) in [7, 11) is 0.109. The molecule has 0 spiro atoms. The number of rotatable bonds is 13. The monoisotopic (exact) mass is 498 g/mol. The van der Waals surface area contributed by atoms with Gasteiger partial charge in [-0.25, -0.2) is 9.37 Å². The predicted molar refractivity (Wildman–Crippen MR) is 126 cm³/mol. The van der Waals surface area contributed by atoms with Crippen molar-refractivity contribution in [2.45, 2.75) is 26.8 Å². The molecule has 0 bridgehead atoms. The topological polar surface area (TPSA) is 123 Å². The predicted octanol–water partition coefficient (Wildman–Crippen LogP) is 2.30. The van der Waals surface area contributed by atoms with Crippen molar-refractivity contribution in [3.05, 3.63) is 57.5 Å². The molecule has 12 heteroatoms. The maximum Gasteiger partial charge on any atom is 0.331 e. The number of nitrogens with one attached hydrogen (secondary N) is 1. The highest BCUT2D eigenvalue weighted by Gasteiger charge is 2.24. The van der Waals surface area contributed by atoms with Gasteiger partial charge in [-0.15, -0.1) is 0 Å². The molecule has 0 aliphatic carbocycles. The number of hydrogen-bond donors (Lipinski definition) is 2. The molecule has 2 rings (SSSR count). The van der Waals surface area contributed by atoms with Gasteiger partial charge < -0.3 is 24.4 Å². The minimum atomic E-state index is -3.17. The Balaban J connectivity index is 2.05. The molecule has 0 atom stereocenters. The van der Waals surface area contributed by atoms with Crippen molar-refractivity contribution in [1.82, 2.24) is 19.8 Å². The second-order valence-electron chi connectivity index (χ2n) is 7.62. The molecule has 1 amide bonds. The lowest BCUT2D eigenvalue weighted by molar-refractivity contribution is 0.0941. The molecule has 0 saturated carbocycles. The first kappa shape index (κ1) is 27.7. The van der Waals surface area contributed by atoms with Gasteiger partial charge in [0.1, 0.15) is 11.6 Å². The average molecular weight is 498 g/mol. The number of aromatic hydroxyl groups is 1. The van der Waals surface area contributed by atoms with Gasteiger partial charge in [-0.1, -0.05) is 12.1 Å². The summed E-state index contributed by atoms with van der Waals surface area (Å²) in [5.74, 6) is -1.55. The molecular formula is C22H32FN4O6P. The van der Waals surface area contributed by atoms with E-state index in [0.717, 1.165) is 0 Å². The maximum atomic E-state index is 13.0. The van der Waals surface area contributed by atoms with E-state index in [0.29, 0.717) is 30.9 Å². The number of nitrogens with zero attached hydrogens (tertiary/aromatic N) is 3. The van der Waals surface area contributed by atoms with Gasteiger partial charge >= 0.3 is 7.60 Å².